The smallest absolute Gasteiger partial charge is 0 e. The first-order chi connectivity index (χ1) is 0. The third-order valence-corrected chi connectivity index (χ3v) is 0. The standard InChI is InChI=1S/Lu.3Pt. The fraction of sp³-hybridized carbons (Fsp3) is 0. The Morgan fingerprint density at radius 2 is 0.500 bits per heavy atom. The maximum absolute atomic E-state index is 0. The fourth-order valence-corrected chi connectivity index (χ4v) is 0. The van der Waals surface area contributed by atoms with Crippen LogP contribution >= 0.6 is 0 Å². The van der Waals surface area contributed by atoms with E-state index in [1.807, 2.05) is 0 Å². The quantitative estimate of drug-likeness (QED) is 0.327. The average Bonchev–Trinajstić information content (AvgIpc) is 0. The van der Waals surface area contributed by atoms with Gasteiger partial charge in [-0.3, -0.25) is 0 Å². The van der Waals surface area contributed by atoms with Crippen molar-refractivity contribution in [1.82, 2.24) is 0 Å². The van der Waals surface area contributed by atoms with Crippen molar-refractivity contribution < 1.29 is 100 Å². The summed E-state index contributed by atoms with van der Waals surface area (Å²) in [6, 6.07) is 0. The molecule has 0 heterocycles. The molecular weight excluding hydrogens is 760 g/mol. The predicted molar refractivity (Wildman–Crippen MR) is 0 cm³/mol. The Hall–Kier alpha value is 3.30. The van der Waals surface area contributed by atoms with Gasteiger partial charge in [0.1, 0.15) is 0 Å². The van der Waals surface area contributed by atoms with E-state index in [4.69, 9.17) is 0 Å². The minimum absolute atomic E-state index is 0. The van der Waals surface area contributed by atoms with E-state index in [0.717, 1.165) is 0 Å². The molecule has 0 aliphatic rings. The molecule has 45 valence electrons. The Morgan fingerprint density at radius 3 is 0.500 bits per heavy atom. The maximum Gasteiger partial charge on any atom is 0 e. The molecule has 0 atom stereocenters. The van der Waals surface area contributed by atoms with E-state index in [1.165, 1.54) is 0 Å². The zero-order valence-corrected chi connectivity index (χ0v) is 9.68. The van der Waals surface area contributed by atoms with E-state index < -0.39 is 0 Å². The van der Waals surface area contributed by atoms with Crippen molar-refractivity contribution in [2.24, 2.45) is 0 Å². The summed E-state index contributed by atoms with van der Waals surface area (Å²) in [7, 11) is 0. The first-order valence-electron chi connectivity index (χ1n) is 0. The summed E-state index contributed by atoms with van der Waals surface area (Å²) in [5.41, 5.74) is 0. The number of hydrogen-bond acceptors (Lipinski definition) is 0. The van der Waals surface area contributed by atoms with Gasteiger partial charge in [-0.2, -0.15) is 0 Å². The van der Waals surface area contributed by atoms with Gasteiger partial charge in [0.05, 0.1) is 0 Å². The molecule has 0 fully saturated rings. The Morgan fingerprint density at radius 1 is 0.500 bits per heavy atom. The molecule has 0 aliphatic heterocycles. The summed E-state index contributed by atoms with van der Waals surface area (Å²) in [6.45, 7) is 0. The van der Waals surface area contributed by atoms with Gasteiger partial charge < -0.3 is 0 Å². The summed E-state index contributed by atoms with van der Waals surface area (Å²) >= 11 is 0. The van der Waals surface area contributed by atoms with Crippen molar-refractivity contribution in [3.63, 3.8) is 0 Å². The summed E-state index contributed by atoms with van der Waals surface area (Å²) in [5, 5.41) is 0. The van der Waals surface area contributed by atoms with Gasteiger partial charge in [-0.15, -0.1) is 0 Å². The summed E-state index contributed by atoms with van der Waals surface area (Å²) < 4.78 is 0. The topological polar surface area (TPSA) is 0 Å². The molecule has 0 aromatic heterocycles. The van der Waals surface area contributed by atoms with Gasteiger partial charge >= 0.3 is 0 Å². The van der Waals surface area contributed by atoms with Crippen LogP contribution in [0.25, 0.3) is 0 Å². The summed E-state index contributed by atoms with van der Waals surface area (Å²) in [4.78, 5) is 0. The molecule has 0 unspecified atom stereocenters. The Labute approximate surface area is 97.8 Å². The van der Waals surface area contributed by atoms with Gasteiger partial charge in [-0.05, 0) is 0 Å². The molecule has 4 heavy (non-hydrogen) atoms. The van der Waals surface area contributed by atoms with Crippen LogP contribution in [0.3, 0.4) is 0 Å². The van der Waals surface area contributed by atoms with E-state index in [1.54, 1.807) is 0 Å². The van der Waals surface area contributed by atoms with E-state index in [-0.39, 0.29) is 100 Å². The van der Waals surface area contributed by atoms with Gasteiger partial charge in [0.2, 0.25) is 0 Å². The molecule has 0 saturated heterocycles. The van der Waals surface area contributed by atoms with Crippen molar-refractivity contribution >= 4 is 0 Å². The van der Waals surface area contributed by atoms with E-state index in [9.17, 15) is 0 Å². The second kappa shape index (κ2) is 16.3. The molecule has 0 N–H and O–H groups in total. The SMILES string of the molecule is [Lu].[Pt].[Pt].[Pt]. The van der Waals surface area contributed by atoms with E-state index in [2.05, 4.69) is 0 Å². The van der Waals surface area contributed by atoms with Crippen LogP contribution in [0.5, 0.6) is 0 Å². The van der Waals surface area contributed by atoms with Crippen LogP contribution in [0.1, 0.15) is 0 Å². The third kappa shape index (κ3) is 9.00. The van der Waals surface area contributed by atoms with Gasteiger partial charge in [0, 0.05) is 100 Å². The fourth-order valence-electron chi connectivity index (χ4n) is 0. The minimum atomic E-state index is 0. The van der Waals surface area contributed by atoms with Crippen molar-refractivity contribution in [3.05, 3.63) is 0 Å². The number of hydrogen-bond donors (Lipinski definition) is 0. The molecule has 4 heteroatoms. The van der Waals surface area contributed by atoms with Gasteiger partial charge in [0.25, 0.3) is 0 Å². The summed E-state index contributed by atoms with van der Waals surface area (Å²) in [6.07, 6.45) is 0. The van der Waals surface area contributed by atoms with Gasteiger partial charge in [-0.1, -0.05) is 0 Å². The van der Waals surface area contributed by atoms with Crippen LogP contribution in [0, 0.1) is 36.9 Å². The molecule has 0 aliphatic carbocycles. The molecular formula is LuPt3. The average molecular weight is 760 g/mol. The zero-order chi connectivity index (χ0) is 0. The first kappa shape index (κ1) is 26.6. The minimum Gasteiger partial charge on any atom is 0 e. The van der Waals surface area contributed by atoms with Crippen LogP contribution < -0.4 is 0 Å². The molecule has 0 saturated carbocycles. The largest absolute Gasteiger partial charge is 0 e. The maximum atomic E-state index is 0. The molecule has 0 spiro atoms. The Balaban J connectivity index is 0. The number of rotatable bonds is 0. The molecule has 0 aromatic carbocycles. The normalized spacial score (nSPS) is 0. The second-order valence-corrected chi connectivity index (χ2v) is 0. The third-order valence-electron chi connectivity index (χ3n) is 0. The first-order valence-corrected chi connectivity index (χ1v) is 0. The molecule has 0 nitrogen and oxygen atoms in total. The molecule has 0 bridgehead atoms. The van der Waals surface area contributed by atoms with Crippen LogP contribution in [0.2, 0.25) is 0 Å². The van der Waals surface area contributed by atoms with Crippen LogP contribution in [-0.2, 0) is 63.2 Å². The molecule has 0 aromatic rings. The zero-order valence-electron chi connectivity index (χ0n) is 1.21. The van der Waals surface area contributed by atoms with Crippen molar-refractivity contribution in [3.8, 4) is 0 Å². The molecule has 0 rings (SSSR count). The van der Waals surface area contributed by atoms with E-state index in [0.29, 0.717) is 0 Å². The predicted octanol–water partition coefficient (Wildman–Crippen LogP) is -0.00750. The molecule has 1 radical (unpaired) electrons. The monoisotopic (exact) mass is 760 g/mol. The van der Waals surface area contributed by atoms with Crippen molar-refractivity contribution in [1.29, 1.82) is 0 Å². The van der Waals surface area contributed by atoms with Crippen molar-refractivity contribution in [2.75, 3.05) is 0 Å². The van der Waals surface area contributed by atoms with E-state index >= 15 is 0 Å². The van der Waals surface area contributed by atoms with Crippen molar-refractivity contribution in [2.45, 2.75) is 0 Å². The van der Waals surface area contributed by atoms with Crippen LogP contribution in [0.15, 0.2) is 0 Å². The van der Waals surface area contributed by atoms with Crippen LogP contribution in [-0.4, -0.2) is 0 Å². The Bertz CT molecular complexity index is 3.25. The van der Waals surface area contributed by atoms with Gasteiger partial charge in [-0.25, -0.2) is 0 Å². The molecule has 0 amide bonds. The Kier molecular flexibility index (Phi) is 108. The van der Waals surface area contributed by atoms with Crippen LogP contribution in [0.4, 0.5) is 0 Å². The van der Waals surface area contributed by atoms with Gasteiger partial charge in [0.15, 0.2) is 0 Å². The second-order valence-electron chi connectivity index (χ2n) is 0. The summed E-state index contributed by atoms with van der Waals surface area (Å²) in [5.74, 6) is 0.